The summed E-state index contributed by atoms with van der Waals surface area (Å²) in [5.74, 6) is 8.63. The van der Waals surface area contributed by atoms with Crippen molar-refractivity contribution >= 4 is 11.8 Å². The highest BCUT2D eigenvalue weighted by atomic mass is 19.3. The summed E-state index contributed by atoms with van der Waals surface area (Å²) in [5, 5.41) is 25.3. The minimum atomic E-state index is -3.22. The Kier molecular flexibility index (Phi) is 9.03. The molecule has 174 valence electrons. The zero-order valence-electron chi connectivity index (χ0n) is 17.6. The minimum absolute atomic E-state index is 0.0469. The lowest BCUT2D eigenvalue weighted by Gasteiger charge is -2.38. The van der Waals surface area contributed by atoms with Gasteiger partial charge in [-0.15, -0.1) is 0 Å². The molecule has 0 bridgehead atoms. The Hall–Kier alpha value is -3.81. The summed E-state index contributed by atoms with van der Waals surface area (Å²) < 4.78 is 27.6. The van der Waals surface area contributed by atoms with Crippen LogP contribution >= 0.6 is 0 Å². The highest BCUT2D eigenvalue weighted by Crippen LogP contribution is 2.21. The fourth-order valence-corrected chi connectivity index (χ4v) is 2.64. The number of hydroxylamine groups is 1. The van der Waals surface area contributed by atoms with Crippen LogP contribution in [0.2, 0.25) is 0 Å². The molecule has 0 radical (unpaired) electrons. The topological polar surface area (TPSA) is 151 Å². The van der Waals surface area contributed by atoms with Gasteiger partial charge in [-0.2, -0.15) is 0 Å². The molecule has 0 spiro atoms. The Morgan fingerprint density at radius 3 is 2.39 bits per heavy atom. The van der Waals surface area contributed by atoms with Gasteiger partial charge in [0.05, 0.1) is 12.5 Å². The van der Waals surface area contributed by atoms with Gasteiger partial charge in [0.1, 0.15) is 17.3 Å². The highest BCUT2D eigenvalue weighted by molar-refractivity contribution is 5.98. The zero-order valence-corrected chi connectivity index (χ0v) is 17.6. The number of aromatic nitrogens is 2. The minimum Gasteiger partial charge on any atom is -0.365 e. The van der Waals surface area contributed by atoms with Crippen molar-refractivity contribution in [3.63, 3.8) is 0 Å². The van der Waals surface area contributed by atoms with E-state index in [9.17, 15) is 23.5 Å². The Labute approximate surface area is 188 Å². The molecule has 1 heterocycles. The molecular formula is C21H22F2N6O4. The third kappa shape index (κ3) is 6.83. The van der Waals surface area contributed by atoms with Gasteiger partial charge in [0.2, 0.25) is 0 Å². The highest BCUT2D eigenvalue weighted by Gasteiger charge is 2.48. The van der Waals surface area contributed by atoms with Gasteiger partial charge in [0, 0.05) is 11.1 Å². The number of imidazole rings is 1. The molecule has 12 heteroatoms. The molecule has 3 atom stereocenters. The molecule has 2 rings (SSSR count). The maximum atomic E-state index is 13.8. The van der Waals surface area contributed by atoms with Crippen LogP contribution < -0.4 is 21.4 Å². The van der Waals surface area contributed by atoms with Crippen molar-refractivity contribution < 1.29 is 28.7 Å². The quantitative estimate of drug-likeness (QED) is 0.122. The van der Waals surface area contributed by atoms with E-state index in [1.807, 2.05) is 0 Å². The van der Waals surface area contributed by atoms with Crippen LogP contribution in [-0.2, 0) is 4.79 Å². The van der Waals surface area contributed by atoms with Crippen LogP contribution in [0, 0.1) is 23.7 Å². The smallest absolute Gasteiger partial charge is 0.268 e. The lowest BCUT2D eigenvalue weighted by molar-refractivity contribution is -0.137. The summed E-state index contributed by atoms with van der Waals surface area (Å²) >= 11 is 0. The summed E-state index contributed by atoms with van der Waals surface area (Å²) in [7, 11) is 1.29. The predicted octanol–water partition coefficient (Wildman–Crippen LogP) is -0.475. The van der Waals surface area contributed by atoms with Crippen LogP contribution in [0.3, 0.4) is 0 Å². The molecule has 1 aromatic carbocycles. The lowest BCUT2D eigenvalue weighted by atomic mass is 9.91. The number of aliphatic hydroxyl groups is 1. The number of H-pyrrole nitrogens is 1. The van der Waals surface area contributed by atoms with E-state index in [0.29, 0.717) is 11.3 Å². The molecule has 2 unspecified atom stereocenters. The number of benzene rings is 1. The number of carbonyl (C=O) groups is 2. The van der Waals surface area contributed by atoms with Gasteiger partial charge < -0.3 is 15.4 Å². The van der Waals surface area contributed by atoms with Crippen LogP contribution in [-0.4, -0.2) is 63.5 Å². The first-order chi connectivity index (χ1) is 15.7. The van der Waals surface area contributed by atoms with Gasteiger partial charge >= 0.3 is 0 Å². The number of nitrogens with one attached hydrogen (secondary N) is 5. The summed E-state index contributed by atoms with van der Waals surface area (Å²) in [6.45, 7) is 0.918. The SMILES string of the molecule is CNC(O)NC(C)(C(F)F)[C@H](NC(=O)c1ccc(C#CC#Cc2cnc[nH]2)cc1)C(=O)NO. The van der Waals surface area contributed by atoms with Crippen molar-refractivity contribution in [1.29, 1.82) is 0 Å². The second-order valence-corrected chi connectivity index (χ2v) is 6.84. The van der Waals surface area contributed by atoms with E-state index in [2.05, 4.69) is 49.6 Å². The number of alkyl halides is 2. The number of amides is 2. The molecule has 2 aromatic rings. The first kappa shape index (κ1) is 25.5. The largest absolute Gasteiger partial charge is 0.365 e. The van der Waals surface area contributed by atoms with E-state index in [4.69, 9.17) is 5.21 Å². The fraction of sp³-hybridized carbons (Fsp3) is 0.286. The van der Waals surface area contributed by atoms with Gasteiger partial charge in [-0.3, -0.25) is 25.4 Å². The van der Waals surface area contributed by atoms with E-state index in [-0.39, 0.29) is 5.56 Å². The first-order valence-electron chi connectivity index (χ1n) is 9.47. The van der Waals surface area contributed by atoms with Crippen molar-refractivity contribution in [2.45, 2.75) is 31.3 Å². The number of hydrogen-bond donors (Lipinski definition) is 7. The van der Waals surface area contributed by atoms with Gasteiger partial charge in [-0.1, -0.05) is 5.92 Å². The van der Waals surface area contributed by atoms with E-state index >= 15 is 0 Å². The van der Waals surface area contributed by atoms with Crippen molar-refractivity contribution in [2.24, 2.45) is 0 Å². The number of carbonyl (C=O) groups excluding carboxylic acids is 2. The van der Waals surface area contributed by atoms with E-state index < -0.39 is 36.2 Å². The average Bonchev–Trinajstić information content (AvgIpc) is 3.33. The molecule has 0 saturated carbocycles. The first-order valence-corrected chi connectivity index (χ1v) is 9.47. The van der Waals surface area contributed by atoms with Gasteiger partial charge in [0.25, 0.3) is 18.2 Å². The lowest BCUT2D eigenvalue weighted by Crippen LogP contribution is -2.70. The summed E-state index contributed by atoms with van der Waals surface area (Å²) in [5.41, 5.74) is -0.00291. The van der Waals surface area contributed by atoms with Crippen LogP contribution in [0.15, 0.2) is 36.8 Å². The number of halogens is 2. The number of nitrogens with zero attached hydrogens (tertiary/aromatic N) is 1. The van der Waals surface area contributed by atoms with Crippen LogP contribution in [0.4, 0.5) is 8.78 Å². The summed E-state index contributed by atoms with van der Waals surface area (Å²) in [6, 6.07) is 3.83. The zero-order chi connectivity index (χ0) is 24.4. The molecule has 0 aliphatic rings. The van der Waals surface area contributed by atoms with Gasteiger partial charge in [-0.25, -0.2) is 19.2 Å². The van der Waals surface area contributed by atoms with Crippen molar-refractivity contribution in [2.75, 3.05) is 7.05 Å². The Morgan fingerprint density at radius 1 is 1.18 bits per heavy atom. The maximum Gasteiger partial charge on any atom is 0.268 e. The average molecular weight is 460 g/mol. The number of hydrogen-bond acceptors (Lipinski definition) is 7. The third-order valence-electron chi connectivity index (χ3n) is 4.53. The number of aromatic amines is 1. The number of rotatable bonds is 8. The predicted molar refractivity (Wildman–Crippen MR) is 113 cm³/mol. The van der Waals surface area contributed by atoms with Crippen LogP contribution in [0.25, 0.3) is 0 Å². The third-order valence-corrected chi connectivity index (χ3v) is 4.53. The number of aliphatic hydroxyl groups excluding tert-OH is 1. The molecule has 0 aliphatic carbocycles. The molecule has 0 fully saturated rings. The van der Waals surface area contributed by atoms with Crippen molar-refractivity contribution in [3.05, 3.63) is 53.6 Å². The summed E-state index contributed by atoms with van der Waals surface area (Å²) in [6.07, 6.45) is -1.81. The molecule has 10 nitrogen and oxygen atoms in total. The van der Waals surface area contributed by atoms with Gasteiger partial charge in [0.15, 0.2) is 6.35 Å². The van der Waals surface area contributed by atoms with Crippen molar-refractivity contribution in [1.82, 2.24) is 31.4 Å². The van der Waals surface area contributed by atoms with Crippen LogP contribution in [0.5, 0.6) is 0 Å². The maximum absolute atomic E-state index is 13.8. The standard InChI is InChI=1S/C21H22F2N6O4/c1-21(19(22)23,28-20(32)24-2)16(18(31)29-33)27-17(30)14-9-7-13(8-10-14)5-3-4-6-15-11-25-12-26-15/h7-12,16,19-20,24,28,32-33H,1-2H3,(H,25,26)(H,27,30)(H,29,31)/t16-,20?,21?/m1/s1. The van der Waals surface area contributed by atoms with Gasteiger partial charge in [-0.05, 0) is 56.0 Å². The molecule has 2 amide bonds. The van der Waals surface area contributed by atoms with E-state index in [0.717, 1.165) is 6.92 Å². The van der Waals surface area contributed by atoms with E-state index in [1.165, 1.54) is 43.1 Å². The Balaban J connectivity index is 2.18. The van der Waals surface area contributed by atoms with Crippen molar-refractivity contribution in [3.8, 4) is 23.7 Å². The molecule has 1 aromatic heterocycles. The molecule has 7 N–H and O–H groups in total. The molecule has 33 heavy (non-hydrogen) atoms. The normalized spacial score (nSPS) is 14.0. The second-order valence-electron chi connectivity index (χ2n) is 6.84. The summed E-state index contributed by atoms with van der Waals surface area (Å²) in [4.78, 5) is 31.3. The van der Waals surface area contributed by atoms with E-state index in [1.54, 1.807) is 6.20 Å². The molecule has 0 aliphatic heterocycles. The second kappa shape index (κ2) is 11.7. The monoisotopic (exact) mass is 460 g/mol. The Morgan fingerprint density at radius 2 is 1.85 bits per heavy atom. The molecule has 0 saturated heterocycles. The van der Waals surface area contributed by atoms with Crippen LogP contribution in [0.1, 0.15) is 28.5 Å². The fourth-order valence-electron chi connectivity index (χ4n) is 2.64. The molecular weight excluding hydrogens is 438 g/mol. The Bertz CT molecular complexity index is 1070.